The Hall–Kier alpha value is -2.15. The van der Waals surface area contributed by atoms with Gasteiger partial charge in [-0.15, -0.1) is 0 Å². The van der Waals surface area contributed by atoms with Crippen LogP contribution in [0.5, 0.6) is 0 Å². The Morgan fingerprint density at radius 1 is 1.24 bits per heavy atom. The van der Waals surface area contributed by atoms with Crippen LogP contribution in [0, 0.1) is 0 Å². The van der Waals surface area contributed by atoms with E-state index in [1.54, 1.807) is 0 Å². The number of β-amino-alcohol motifs (C(OH)–C–C–N with tert-alkyl or cyclic N) is 1. The number of aliphatic hydroxyl groups is 2. The first-order valence-electron chi connectivity index (χ1n) is 8.64. The maximum absolute atomic E-state index is 10.3. The molecule has 1 saturated heterocycles. The molecule has 0 saturated carbocycles. The topological polar surface area (TPSA) is 74.7 Å². The molecule has 1 atom stereocenters. The van der Waals surface area contributed by atoms with Gasteiger partial charge in [0.2, 0.25) is 0 Å². The fourth-order valence-corrected chi connectivity index (χ4v) is 3.64. The number of piperidine rings is 1. The zero-order valence-electron chi connectivity index (χ0n) is 14.4. The van der Waals surface area contributed by atoms with Crippen molar-refractivity contribution in [3.8, 4) is 11.6 Å². The molecule has 3 heterocycles. The van der Waals surface area contributed by atoms with Gasteiger partial charge in [0.1, 0.15) is 11.4 Å². The van der Waals surface area contributed by atoms with E-state index in [4.69, 9.17) is 4.42 Å². The van der Waals surface area contributed by atoms with E-state index in [-0.39, 0.29) is 6.61 Å². The number of benzene rings is 1. The van der Waals surface area contributed by atoms with Crippen LogP contribution >= 0.6 is 0 Å². The van der Waals surface area contributed by atoms with Gasteiger partial charge in [0.05, 0.1) is 24.2 Å². The van der Waals surface area contributed by atoms with Crippen LogP contribution < -0.4 is 0 Å². The number of nitrogens with zero attached hydrogens (tertiary/aromatic N) is 3. The molecule has 1 fully saturated rings. The minimum atomic E-state index is -0.995. The van der Waals surface area contributed by atoms with Crippen molar-refractivity contribution < 1.29 is 14.6 Å². The minimum Gasteiger partial charge on any atom is -0.456 e. The molecule has 0 unspecified atom stereocenters. The molecule has 0 aliphatic carbocycles. The van der Waals surface area contributed by atoms with Gasteiger partial charge >= 0.3 is 0 Å². The van der Waals surface area contributed by atoms with Crippen LogP contribution in [0.25, 0.3) is 22.6 Å². The largest absolute Gasteiger partial charge is 0.456 e. The second kappa shape index (κ2) is 6.29. The maximum Gasteiger partial charge on any atom is 0.176 e. The van der Waals surface area contributed by atoms with Gasteiger partial charge in [0, 0.05) is 13.6 Å². The Kier molecular flexibility index (Phi) is 4.11. The molecule has 6 nitrogen and oxygen atoms in total. The molecule has 0 spiro atoms. The van der Waals surface area contributed by atoms with Crippen molar-refractivity contribution in [2.24, 2.45) is 7.05 Å². The summed E-state index contributed by atoms with van der Waals surface area (Å²) in [6, 6.07) is 11.9. The SMILES string of the molecule is Cn1c(-c2ccc(CN3CCC[C@@](O)(CO)C3)o2)nc2ccccc21. The number of aromatic nitrogens is 2. The first-order valence-corrected chi connectivity index (χ1v) is 8.64. The van der Waals surface area contributed by atoms with Crippen molar-refractivity contribution in [2.75, 3.05) is 19.7 Å². The van der Waals surface area contributed by atoms with E-state index in [1.165, 1.54) is 0 Å². The van der Waals surface area contributed by atoms with Crippen molar-refractivity contribution in [3.63, 3.8) is 0 Å². The molecule has 2 aromatic heterocycles. The number of hydrogen-bond acceptors (Lipinski definition) is 5. The highest BCUT2D eigenvalue weighted by atomic mass is 16.3. The summed E-state index contributed by atoms with van der Waals surface area (Å²) in [5.74, 6) is 2.38. The number of aryl methyl sites for hydroxylation is 1. The van der Waals surface area contributed by atoms with Crippen LogP contribution in [0.3, 0.4) is 0 Å². The molecular weight excluding hydrogens is 318 g/mol. The predicted octanol–water partition coefficient (Wildman–Crippen LogP) is 2.15. The zero-order chi connectivity index (χ0) is 17.4. The van der Waals surface area contributed by atoms with Gasteiger partial charge in [-0.25, -0.2) is 4.98 Å². The highest BCUT2D eigenvalue weighted by Crippen LogP contribution is 2.27. The summed E-state index contributed by atoms with van der Waals surface area (Å²) in [5.41, 5.74) is 1.02. The quantitative estimate of drug-likeness (QED) is 0.761. The van der Waals surface area contributed by atoms with E-state index in [9.17, 15) is 10.2 Å². The predicted molar refractivity (Wildman–Crippen MR) is 95.0 cm³/mol. The fraction of sp³-hybridized carbons (Fsp3) is 0.421. The second-order valence-electron chi connectivity index (χ2n) is 6.95. The molecule has 0 radical (unpaired) electrons. The zero-order valence-corrected chi connectivity index (χ0v) is 14.4. The molecule has 6 heteroatoms. The average Bonchev–Trinajstić information content (AvgIpc) is 3.20. The lowest BCUT2D eigenvalue weighted by Gasteiger charge is -2.37. The Bertz CT molecular complexity index is 885. The lowest BCUT2D eigenvalue weighted by atomic mass is 9.94. The van der Waals surface area contributed by atoms with E-state index in [2.05, 4.69) is 9.88 Å². The Balaban J connectivity index is 1.55. The van der Waals surface area contributed by atoms with Gasteiger partial charge in [-0.1, -0.05) is 12.1 Å². The van der Waals surface area contributed by atoms with Gasteiger partial charge in [-0.3, -0.25) is 4.90 Å². The van der Waals surface area contributed by atoms with E-state index >= 15 is 0 Å². The Labute approximate surface area is 146 Å². The number of fused-ring (bicyclic) bond motifs is 1. The number of hydrogen-bond donors (Lipinski definition) is 2. The maximum atomic E-state index is 10.3. The summed E-state index contributed by atoms with van der Waals surface area (Å²) in [7, 11) is 1.98. The molecule has 1 aliphatic heterocycles. The number of para-hydroxylation sites is 2. The third-order valence-corrected chi connectivity index (χ3v) is 4.98. The molecule has 3 aromatic rings. The summed E-state index contributed by atoms with van der Waals surface area (Å²) >= 11 is 0. The van der Waals surface area contributed by atoms with Crippen molar-refractivity contribution in [1.82, 2.24) is 14.5 Å². The molecule has 1 aliphatic rings. The number of furan rings is 1. The molecule has 4 rings (SSSR count). The Morgan fingerprint density at radius 2 is 2.08 bits per heavy atom. The van der Waals surface area contributed by atoms with Gasteiger partial charge in [0.15, 0.2) is 11.6 Å². The molecule has 25 heavy (non-hydrogen) atoms. The van der Waals surface area contributed by atoms with Crippen molar-refractivity contribution in [2.45, 2.75) is 25.0 Å². The third-order valence-electron chi connectivity index (χ3n) is 4.98. The molecule has 132 valence electrons. The first kappa shape index (κ1) is 16.3. The van der Waals surface area contributed by atoms with E-state index < -0.39 is 5.60 Å². The van der Waals surface area contributed by atoms with E-state index in [1.807, 2.05) is 48.0 Å². The summed E-state index contributed by atoms with van der Waals surface area (Å²) in [5, 5.41) is 19.7. The van der Waals surface area contributed by atoms with E-state index in [0.29, 0.717) is 19.5 Å². The first-order chi connectivity index (χ1) is 12.1. The van der Waals surface area contributed by atoms with Crippen LogP contribution in [-0.4, -0.2) is 50.0 Å². The molecule has 1 aromatic carbocycles. The highest BCUT2D eigenvalue weighted by molar-refractivity contribution is 5.79. The average molecular weight is 341 g/mol. The van der Waals surface area contributed by atoms with Gasteiger partial charge in [0.25, 0.3) is 0 Å². The molecule has 2 N–H and O–H groups in total. The second-order valence-corrected chi connectivity index (χ2v) is 6.95. The molecule has 0 amide bonds. The number of imidazole rings is 1. The highest BCUT2D eigenvalue weighted by Gasteiger charge is 2.32. The molecular formula is C19H23N3O3. The van der Waals surface area contributed by atoms with Crippen LogP contribution in [-0.2, 0) is 13.6 Å². The van der Waals surface area contributed by atoms with Crippen LogP contribution in [0.4, 0.5) is 0 Å². The smallest absolute Gasteiger partial charge is 0.176 e. The number of likely N-dealkylation sites (tertiary alicyclic amines) is 1. The minimum absolute atomic E-state index is 0.202. The molecule has 0 bridgehead atoms. The standard InChI is InChI=1S/C19H23N3O3/c1-21-16-6-3-2-5-15(16)20-18(21)17-8-7-14(25-17)11-22-10-4-9-19(24,12-22)13-23/h2-3,5-8,23-24H,4,9-13H2,1H3/t19-/m0/s1. The number of aliphatic hydroxyl groups excluding tert-OH is 1. The Morgan fingerprint density at radius 3 is 2.88 bits per heavy atom. The summed E-state index contributed by atoms with van der Waals surface area (Å²) in [4.78, 5) is 6.78. The van der Waals surface area contributed by atoms with Gasteiger partial charge < -0.3 is 19.2 Å². The summed E-state index contributed by atoms with van der Waals surface area (Å²) < 4.78 is 8.05. The fourth-order valence-electron chi connectivity index (χ4n) is 3.64. The van der Waals surface area contributed by atoms with Gasteiger partial charge in [-0.2, -0.15) is 0 Å². The normalized spacial score (nSPS) is 21.9. The lowest BCUT2D eigenvalue weighted by Crippen LogP contribution is -2.49. The lowest BCUT2D eigenvalue weighted by molar-refractivity contribution is -0.0697. The van der Waals surface area contributed by atoms with E-state index in [0.717, 1.165) is 41.3 Å². The number of rotatable bonds is 4. The van der Waals surface area contributed by atoms with Crippen molar-refractivity contribution >= 4 is 11.0 Å². The summed E-state index contributed by atoms with van der Waals surface area (Å²) in [6.07, 6.45) is 1.51. The van der Waals surface area contributed by atoms with Gasteiger partial charge in [-0.05, 0) is 43.7 Å². The van der Waals surface area contributed by atoms with Crippen LogP contribution in [0.1, 0.15) is 18.6 Å². The van der Waals surface area contributed by atoms with Crippen molar-refractivity contribution in [3.05, 3.63) is 42.2 Å². The summed E-state index contributed by atoms with van der Waals surface area (Å²) in [6.45, 7) is 1.77. The van der Waals surface area contributed by atoms with Crippen molar-refractivity contribution in [1.29, 1.82) is 0 Å². The monoisotopic (exact) mass is 341 g/mol. The van der Waals surface area contributed by atoms with Crippen LogP contribution in [0.15, 0.2) is 40.8 Å². The third kappa shape index (κ3) is 3.08. The van der Waals surface area contributed by atoms with Crippen LogP contribution in [0.2, 0.25) is 0 Å².